The van der Waals surface area contributed by atoms with Crippen molar-refractivity contribution in [3.05, 3.63) is 52.8 Å². The lowest BCUT2D eigenvalue weighted by Crippen LogP contribution is -2.43. The summed E-state index contributed by atoms with van der Waals surface area (Å²) in [5.41, 5.74) is 2.37. The van der Waals surface area contributed by atoms with Gasteiger partial charge in [0.1, 0.15) is 11.9 Å². The third-order valence-corrected chi connectivity index (χ3v) is 4.85. The second kappa shape index (κ2) is 6.04. The van der Waals surface area contributed by atoms with Crippen LogP contribution in [0, 0.1) is 5.82 Å². The Morgan fingerprint density at radius 1 is 1.28 bits per heavy atom. The standard InChI is InChI=1S/C18H15ClFN3O2/c19-12-9-11(4-5-13(12)20)21-17(24)10-3-6-15-14(8-10)22-18(25)16-2-1-7-23(15)16/h3-6,8-9,16H,1-2,7H2,(H,21,24)(H,22,25). The quantitative estimate of drug-likeness (QED) is 0.860. The molecule has 2 aromatic carbocycles. The molecule has 1 saturated heterocycles. The minimum atomic E-state index is -0.545. The fourth-order valence-corrected chi connectivity index (χ4v) is 3.53. The molecule has 2 aromatic rings. The van der Waals surface area contributed by atoms with Crippen molar-refractivity contribution in [2.75, 3.05) is 22.1 Å². The van der Waals surface area contributed by atoms with Crippen LogP contribution in [0.15, 0.2) is 36.4 Å². The summed E-state index contributed by atoms with van der Waals surface area (Å²) in [6.07, 6.45) is 1.82. The summed E-state index contributed by atoms with van der Waals surface area (Å²) in [4.78, 5) is 26.7. The van der Waals surface area contributed by atoms with Gasteiger partial charge in [0, 0.05) is 17.8 Å². The Balaban J connectivity index is 1.59. The Morgan fingerprint density at radius 2 is 2.12 bits per heavy atom. The van der Waals surface area contributed by atoms with Gasteiger partial charge in [-0.15, -0.1) is 0 Å². The molecule has 2 aliphatic rings. The fraction of sp³-hybridized carbons (Fsp3) is 0.222. The molecule has 0 aliphatic carbocycles. The summed E-state index contributed by atoms with van der Waals surface area (Å²) in [5.74, 6) is -0.938. The molecular formula is C18H15ClFN3O2. The lowest BCUT2D eigenvalue weighted by atomic mass is 10.1. The largest absolute Gasteiger partial charge is 0.358 e. The van der Waals surface area contributed by atoms with Crippen LogP contribution in [0.1, 0.15) is 23.2 Å². The Bertz CT molecular complexity index is 887. The maximum Gasteiger partial charge on any atom is 0.255 e. The minimum Gasteiger partial charge on any atom is -0.358 e. The molecule has 2 amide bonds. The van der Waals surface area contributed by atoms with Gasteiger partial charge in [0.15, 0.2) is 0 Å². The molecule has 25 heavy (non-hydrogen) atoms. The first kappa shape index (κ1) is 15.9. The van der Waals surface area contributed by atoms with Gasteiger partial charge in [-0.05, 0) is 49.2 Å². The highest BCUT2D eigenvalue weighted by atomic mass is 35.5. The average molecular weight is 360 g/mol. The molecule has 1 fully saturated rings. The number of carbonyl (C=O) groups excluding carboxylic acids is 2. The molecule has 0 aromatic heterocycles. The second-order valence-corrected chi connectivity index (χ2v) is 6.56. The number of hydrogen-bond donors (Lipinski definition) is 2. The number of benzene rings is 2. The zero-order valence-electron chi connectivity index (χ0n) is 13.2. The van der Waals surface area contributed by atoms with E-state index < -0.39 is 5.82 Å². The molecule has 2 aliphatic heterocycles. The number of anilines is 3. The molecule has 1 unspecified atom stereocenters. The molecule has 0 saturated carbocycles. The van der Waals surface area contributed by atoms with Crippen molar-refractivity contribution in [3.63, 3.8) is 0 Å². The fourth-order valence-electron chi connectivity index (χ4n) is 3.35. The van der Waals surface area contributed by atoms with E-state index in [2.05, 4.69) is 15.5 Å². The summed E-state index contributed by atoms with van der Waals surface area (Å²) in [7, 11) is 0. The first-order valence-corrected chi connectivity index (χ1v) is 8.39. The molecule has 2 heterocycles. The van der Waals surface area contributed by atoms with Gasteiger partial charge < -0.3 is 15.5 Å². The normalized spacial score (nSPS) is 18.4. The highest BCUT2D eigenvalue weighted by Gasteiger charge is 2.36. The zero-order chi connectivity index (χ0) is 17.6. The molecule has 128 valence electrons. The van der Waals surface area contributed by atoms with Crippen LogP contribution in [0.25, 0.3) is 0 Å². The molecule has 0 bridgehead atoms. The van der Waals surface area contributed by atoms with E-state index >= 15 is 0 Å². The molecular weight excluding hydrogens is 345 g/mol. The van der Waals surface area contributed by atoms with Gasteiger partial charge in [-0.1, -0.05) is 11.6 Å². The van der Waals surface area contributed by atoms with Gasteiger partial charge in [0.2, 0.25) is 5.91 Å². The molecule has 0 spiro atoms. The molecule has 7 heteroatoms. The van der Waals surface area contributed by atoms with E-state index in [1.165, 1.54) is 18.2 Å². The monoisotopic (exact) mass is 359 g/mol. The molecule has 2 N–H and O–H groups in total. The Hall–Kier alpha value is -2.60. The van der Waals surface area contributed by atoms with Crippen LogP contribution < -0.4 is 15.5 Å². The number of rotatable bonds is 2. The first-order valence-electron chi connectivity index (χ1n) is 8.01. The number of nitrogens with zero attached hydrogens (tertiary/aromatic N) is 1. The minimum absolute atomic E-state index is 0.0344. The van der Waals surface area contributed by atoms with Crippen molar-refractivity contribution >= 4 is 40.5 Å². The van der Waals surface area contributed by atoms with Crippen LogP contribution in [0.5, 0.6) is 0 Å². The van der Waals surface area contributed by atoms with Crippen LogP contribution >= 0.6 is 11.6 Å². The Morgan fingerprint density at radius 3 is 2.92 bits per heavy atom. The van der Waals surface area contributed by atoms with E-state index in [1.54, 1.807) is 12.1 Å². The van der Waals surface area contributed by atoms with Crippen LogP contribution in [-0.4, -0.2) is 24.4 Å². The molecule has 4 rings (SSSR count). The van der Waals surface area contributed by atoms with Crippen molar-refractivity contribution < 1.29 is 14.0 Å². The number of halogens is 2. The number of carbonyl (C=O) groups is 2. The second-order valence-electron chi connectivity index (χ2n) is 6.16. The Kier molecular flexibility index (Phi) is 3.84. The summed E-state index contributed by atoms with van der Waals surface area (Å²) in [6, 6.07) is 9.08. The maximum atomic E-state index is 13.2. The number of amides is 2. The lowest BCUT2D eigenvalue weighted by molar-refractivity contribution is -0.117. The average Bonchev–Trinajstić information content (AvgIpc) is 3.08. The van der Waals surface area contributed by atoms with E-state index in [4.69, 9.17) is 11.6 Å². The summed E-state index contributed by atoms with van der Waals surface area (Å²) < 4.78 is 13.2. The van der Waals surface area contributed by atoms with Crippen LogP contribution in [0.3, 0.4) is 0 Å². The zero-order valence-corrected chi connectivity index (χ0v) is 13.9. The first-order chi connectivity index (χ1) is 12.0. The van der Waals surface area contributed by atoms with Crippen LogP contribution in [0.4, 0.5) is 21.5 Å². The number of hydrogen-bond acceptors (Lipinski definition) is 3. The van der Waals surface area contributed by atoms with Crippen molar-refractivity contribution in [1.29, 1.82) is 0 Å². The van der Waals surface area contributed by atoms with E-state index in [-0.39, 0.29) is 22.9 Å². The SMILES string of the molecule is O=C(Nc1ccc(F)c(Cl)c1)c1ccc2c(c1)NC(=O)C1CCCN21. The van der Waals surface area contributed by atoms with Gasteiger partial charge >= 0.3 is 0 Å². The van der Waals surface area contributed by atoms with Gasteiger partial charge in [-0.2, -0.15) is 0 Å². The van der Waals surface area contributed by atoms with E-state index in [0.717, 1.165) is 25.1 Å². The molecule has 0 radical (unpaired) electrons. The molecule has 5 nitrogen and oxygen atoms in total. The van der Waals surface area contributed by atoms with Crippen LogP contribution in [-0.2, 0) is 4.79 Å². The Labute approximate surface area is 148 Å². The summed E-state index contributed by atoms with van der Waals surface area (Å²) in [5, 5.41) is 5.49. The third kappa shape index (κ3) is 2.82. The van der Waals surface area contributed by atoms with E-state index in [0.29, 0.717) is 16.9 Å². The maximum absolute atomic E-state index is 13.2. The van der Waals surface area contributed by atoms with Crippen molar-refractivity contribution in [1.82, 2.24) is 0 Å². The summed E-state index contributed by atoms with van der Waals surface area (Å²) >= 11 is 5.73. The third-order valence-electron chi connectivity index (χ3n) is 4.56. The molecule has 1 atom stereocenters. The number of nitrogens with one attached hydrogen (secondary N) is 2. The van der Waals surface area contributed by atoms with E-state index in [9.17, 15) is 14.0 Å². The van der Waals surface area contributed by atoms with Crippen molar-refractivity contribution in [3.8, 4) is 0 Å². The predicted octanol–water partition coefficient (Wildman–Crippen LogP) is 3.65. The number of fused-ring (bicyclic) bond motifs is 3. The summed E-state index contributed by atoms with van der Waals surface area (Å²) in [6.45, 7) is 0.838. The topological polar surface area (TPSA) is 61.4 Å². The van der Waals surface area contributed by atoms with Crippen LogP contribution in [0.2, 0.25) is 5.02 Å². The lowest BCUT2D eigenvalue weighted by Gasteiger charge is -2.33. The van der Waals surface area contributed by atoms with Crippen molar-refractivity contribution in [2.24, 2.45) is 0 Å². The smallest absolute Gasteiger partial charge is 0.255 e. The van der Waals surface area contributed by atoms with Gasteiger partial charge in [-0.25, -0.2) is 4.39 Å². The van der Waals surface area contributed by atoms with E-state index in [1.807, 2.05) is 6.07 Å². The van der Waals surface area contributed by atoms with Crippen molar-refractivity contribution in [2.45, 2.75) is 18.9 Å². The van der Waals surface area contributed by atoms with Gasteiger partial charge in [-0.3, -0.25) is 9.59 Å². The highest BCUT2D eigenvalue weighted by molar-refractivity contribution is 6.31. The van der Waals surface area contributed by atoms with Gasteiger partial charge in [0.05, 0.1) is 16.4 Å². The highest BCUT2D eigenvalue weighted by Crippen LogP contribution is 2.37. The van der Waals surface area contributed by atoms with Gasteiger partial charge in [0.25, 0.3) is 5.91 Å². The predicted molar refractivity (Wildman–Crippen MR) is 94.8 cm³/mol.